The molecule has 6 aromatic carbocycles. The van der Waals surface area contributed by atoms with Gasteiger partial charge in [-0.05, 0) is 64.2 Å². The number of rotatable bonds is 3. The van der Waals surface area contributed by atoms with Crippen LogP contribution >= 0.6 is 0 Å². The van der Waals surface area contributed by atoms with Crippen molar-refractivity contribution < 1.29 is 0 Å². The highest BCUT2D eigenvalue weighted by Crippen LogP contribution is 2.53. The van der Waals surface area contributed by atoms with Crippen LogP contribution in [-0.2, 0) is 0 Å². The summed E-state index contributed by atoms with van der Waals surface area (Å²) >= 11 is 0. The molecule has 1 aliphatic rings. The Hall–Kier alpha value is -5.87. The Balaban J connectivity index is 1.29. The molecule has 0 bridgehead atoms. The minimum Gasteiger partial charge on any atom is -0.309 e. The number of aromatic nitrogens is 3. The fraction of sp³-hybridized carbons (Fsp3) is 0. The third-order valence-corrected chi connectivity index (χ3v) is 8.44. The molecular formula is C39H24N4. The lowest BCUT2D eigenvalue weighted by Crippen LogP contribution is -2.15. The van der Waals surface area contributed by atoms with Crippen molar-refractivity contribution in [2.75, 3.05) is 4.90 Å². The standard InChI is InChI=1S/C39H24N4/c1-2-15-30-25(9-1)20-21-35-37(30)32-17-6-10-26-11-7-19-34(36(26)32)43(35)29-14-5-12-27(23-29)39-41-33-18-4-3-16-31(33)38(42-39)28-13-8-22-40-24-28/h1-24H. The molecule has 4 nitrogen and oxygen atoms in total. The molecule has 0 saturated heterocycles. The van der Waals surface area contributed by atoms with Gasteiger partial charge in [-0.2, -0.15) is 0 Å². The Morgan fingerprint density at radius 1 is 0.535 bits per heavy atom. The van der Waals surface area contributed by atoms with Crippen LogP contribution < -0.4 is 4.90 Å². The monoisotopic (exact) mass is 548 g/mol. The van der Waals surface area contributed by atoms with E-state index in [1.165, 1.54) is 38.4 Å². The van der Waals surface area contributed by atoms with Crippen molar-refractivity contribution in [2.24, 2.45) is 0 Å². The minimum absolute atomic E-state index is 0.689. The lowest BCUT2D eigenvalue weighted by molar-refractivity contribution is 1.21. The van der Waals surface area contributed by atoms with Crippen LogP contribution in [0, 0.1) is 0 Å². The number of hydrogen-bond acceptors (Lipinski definition) is 4. The molecule has 1 aliphatic heterocycles. The van der Waals surface area contributed by atoms with Crippen LogP contribution in [0.4, 0.5) is 17.1 Å². The number of pyridine rings is 1. The van der Waals surface area contributed by atoms with E-state index in [9.17, 15) is 0 Å². The van der Waals surface area contributed by atoms with Gasteiger partial charge in [0.25, 0.3) is 0 Å². The maximum Gasteiger partial charge on any atom is 0.160 e. The normalized spacial score (nSPS) is 12.1. The fourth-order valence-corrected chi connectivity index (χ4v) is 6.57. The number of anilines is 3. The zero-order chi connectivity index (χ0) is 28.3. The Bertz CT molecular complexity index is 2360. The van der Waals surface area contributed by atoms with Crippen LogP contribution in [0.15, 0.2) is 146 Å². The van der Waals surface area contributed by atoms with Gasteiger partial charge in [-0.15, -0.1) is 0 Å². The first-order chi connectivity index (χ1) is 21.3. The number of nitrogens with zero attached hydrogens (tertiary/aromatic N) is 4. The minimum atomic E-state index is 0.689. The van der Waals surface area contributed by atoms with Crippen LogP contribution in [0.3, 0.4) is 0 Å². The summed E-state index contributed by atoms with van der Waals surface area (Å²) in [6, 6.07) is 47.1. The Morgan fingerprint density at radius 3 is 2.23 bits per heavy atom. The van der Waals surface area contributed by atoms with Gasteiger partial charge in [0.05, 0.1) is 22.6 Å². The molecule has 8 aromatic rings. The van der Waals surface area contributed by atoms with E-state index >= 15 is 0 Å². The van der Waals surface area contributed by atoms with E-state index in [1.807, 2.05) is 30.5 Å². The first kappa shape index (κ1) is 23.8. The van der Waals surface area contributed by atoms with Crippen molar-refractivity contribution in [1.82, 2.24) is 15.0 Å². The lowest BCUT2D eigenvalue weighted by atomic mass is 9.87. The summed E-state index contributed by atoms with van der Waals surface area (Å²) < 4.78 is 0. The molecular weight excluding hydrogens is 524 g/mol. The van der Waals surface area contributed by atoms with Gasteiger partial charge in [0.2, 0.25) is 0 Å². The van der Waals surface area contributed by atoms with Gasteiger partial charge in [0.1, 0.15) is 0 Å². The molecule has 4 heteroatoms. The van der Waals surface area contributed by atoms with E-state index in [1.54, 1.807) is 6.20 Å². The second-order valence-electron chi connectivity index (χ2n) is 10.9. The zero-order valence-electron chi connectivity index (χ0n) is 23.1. The summed E-state index contributed by atoms with van der Waals surface area (Å²) in [6.45, 7) is 0. The maximum absolute atomic E-state index is 5.12. The molecule has 0 unspecified atom stereocenters. The molecule has 0 atom stereocenters. The first-order valence-electron chi connectivity index (χ1n) is 14.5. The molecule has 0 amide bonds. The van der Waals surface area contributed by atoms with Crippen LogP contribution in [0.1, 0.15) is 0 Å². The molecule has 43 heavy (non-hydrogen) atoms. The zero-order valence-corrected chi connectivity index (χ0v) is 23.1. The van der Waals surface area contributed by atoms with Crippen molar-refractivity contribution >= 4 is 49.5 Å². The molecule has 0 spiro atoms. The van der Waals surface area contributed by atoms with Gasteiger partial charge in [-0.3, -0.25) is 4.98 Å². The molecule has 9 rings (SSSR count). The molecule has 2 aromatic heterocycles. The van der Waals surface area contributed by atoms with Crippen molar-refractivity contribution in [3.63, 3.8) is 0 Å². The van der Waals surface area contributed by atoms with Gasteiger partial charge in [-0.25, -0.2) is 9.97 Å². The van der Waals surface area contributed by atoms with E-state index in [-0.39, 0.29) is 0 Å². The predicted molar refractivity (Wildman–Crippen MR) is 177 cm³/mol. The van der Waals surface area contributed by atoms with Crippen LogP contribution in [0.2, 0.25) is 0 Å². The highest BCUT2D eigenvalue weighted by atomic mass is 15.2. The van der Waals surface area contributed by atoms with Gasteiger partial charge < -0.3 is 4.90 Å². The second-order valence-corrected chi connectivity index (χ2v) is 10.9. The smallest absolute Gasteiger partial charge is 0.160 e. The molecule has 200 valence electrons. The largest absolute Gasteiger partial charge is 0.309 e. The van der Waals surface area contributed by atoms with Gasteiger partial charge in [-0.1, -0.05) is 91.0 Å². The third kappa shape index (κ3) is 3.67. The predicted octanol–water partition coefficient (Wildman–Crippen LogP) is 10.1. The van der Waals surface area contributed by atoms with Crippen LogP contribution in [0.5, 0.6) is 0 Å². The molecule has 3 heterocycles. The van der Waals surface area contributed by atoms with E-state index in [4.69, 9.17) is 9.97 Å². The lowest BCUT2D eigenvalue weighted by Gasteiger charge is -2.34. The SMILES string of the molecule is c1cncc(-c2nc(-c3cccc(N4c5ccc6ccccc6c5-c5cccc6cccc4c56)c3)nc3ccccc23)c1. The molecule has 0 saturated carbocycles. The third-order valence-electron chi connectivity index (χ3n) is 8.44. The summed E-state index contributed by atoms with van der Waals surface area (Å²) in [5, 5.41) is 5.99. The maximum atomic E-state index is 5.12. The van der Waals surface area contributed by atoms with Gasteiger partial charge in [0.15, 0.2) is 5.82 Å². The second kappa shape index (κ2) is 9.33. The molecule has 0 aliphatic carbocycles. The average Bonchev–Trinajstić information content (AvgIpc) is 3.08. The van der Waals surface area contributed by atoms with Gasteiger partial charge >= 0.3 is 0 Å². The Kier molecular flexibility index (Phi) is 5.16. The van der Waals surface area contributed by atoms with E-state index < -0.39 is 0 Å². The number of benzene rings is 6. The van der Waals surface area contributed by atoms with Crippen LogP contribution in [0.25, 0.3) is 66.2 Å². The summed E-state index contributed by atoms with van der Waals surface area (Å²) in [6.07, 6.45) is 3.65. The molecule has 0 radical (unpaired) electrons. The van der Waals surface area contributed by atoms with Gasteiger partial charge in [0, 0.05) is 45.5 Å². The summed E-state index contributed by atoms with van der Waals surface area (Å²) in [4.78, 5) is 16.9. The summed E-state index contributed by atoms with van der Waals surface area (Å²) in [5.74, 6) is 0.689. The van der Waals surface area contributed by atoms with E-state index in [0.29, 0.717) is 5.82 Å². The van der Waals surface area contributed by atoms with Crippen molar-refractivity contribution in [3.05, 3.63) is 146 Å². The first-order valence-corrected chi connectivity index (χ1v) is 14.5. The van der Waals surface area contributed by atoms with Crippen molar-refractivity contribution in [1.29, 1.82) is 0 Å². The number of fused-ring (bicyclic) bond motifs is 5. The van der Waals surface area contributed by atoms with Crippen molar-refractivity contribution in [3.8, 4) is 33.8 Å². The quantitative estimate of drug-likeness (QED) is 0.220. The van der Waals surface area contributed by atoms with E-state index in [0.717, 1.165) is 39.1 Å². The highest BCUT2D eigenvalue weighted by molar-refractivity contribution is 6.19. The molecule has 0 N–H and O–H groups in total. The highest BCUT2D eigenvalue weighted by Gasteiger charge is 2.27. The van der Waals surface area contributed by atoms with Crippen molar-refractivity contribution in [2.45, 2.75) is 0 Å². The fourth-order valence-electron chi connectivity index (χ4n) is 6.57. The Labute approximate surface area is 248 Å². The number of para-hydroxylation sites is 1. The van der Waals surface area contributed by atoms with Crippen LogP contribution in [-0.4, -0.2) is 15.0 Å². The Morgan fingerprint density at radius 2 is 1.33 bits per heavy atom. The summed E-state index contributed by atoms with van der Waals surface area (Å²) in [5.41, 5.74) is 9.65. The topological polar surface area (TPSA) is 41.9 Å². The number of hydrogen-bond donors (Lipinski definition) is 0. The molecule has 0 fully saturated rings. The average molecular weight is 549 g/mol. The summed E-state index contributed by atoms with van der Waals surface area (Å²) in [7, 11) is 0. The van der Waals surface area contributed by atoms with E-state index in [2.05, 4.69) is 119 Å².